The van der Waals surface area contributed by atoms with Crippen LogP contribution in [0.3, 0.4) is 0 Å². The molecule has 1 saturated heterocycles. The van der Waals surface area contributed by atoms with Crippen molar-refractivity contribution >= 4 is 21.9 Å². The van der Waals surface area contributed by atoms with Crippen LogP contribution in [0, 0.1) is 0 Å². The molecule has 2 heterocycles. The highest BCUT2D eigenvalue weighted by molar-refractivity contribution is 7.90. The van der Waals surface area contributed by atoms with Gasteiger partial charge in [0.05, 0.1) is 17.3 Å². The molecule has 31 heavy (non-hydrogen) atoms. The van der Waals surface area contributed by atoms with Crippen LogP contribution in [0.5, 0.6) is 5.75 Å². The van der Waals surface area contributed by atoms with E-state index in [4.69, 9.17) is 9.47 Å². The van der Waals surface area contributed by atoms with Gasteiger partial charge in [-0.1, -0.05) is 12.1 Å². The molecule has 1 aromatic carbocycles. The first-order valence-corrected chi connectivity index (χ1v) is 12.1. The minimum Gasteiger partial charge on any atom is -0.486 e. The smallest absolute Gasteiger partial charge is 0.410 e. The van der Waals surface area contributed by atoms with Gasteiger partial charge in [0.1, 0.15) is 12.2 Å². The normalized spacial score (nSPS) is 17.9. The molecule has 1 aliphatic heterocycles. The van der Waals surface area contributed by atoms with E-state index in [1.165, 1.54) is 6.26 Å². The number of carbonyl (C=O) groups is 1. The summed E-state index contributed by atoms with van der Waals surface area (Å²) in [5.41, 5.74) is 0.586. The number of rotatable bonds is 6. The highest BCUT2D eigenvalue weighted by Crippen LogP contribution is 2.39. The molecule has 0 bridgehead atoms. The largest absolute Gasteiger partial charge is 0.486 e. The molecule has 9 nitrogen and oxygen atoms in total. The Morgan fingerprint density at radius 1 is 1.06 bits per heavy atom. The summed E-state index contributed by atoms with van der Waals surface area (Å²) >= 11 is 0. The molecule has 1 amide bonds. The highest BCUT2D eigenvalue weighted by Gasteiger charge is 2.43. The summed E-state index contributed by atoms with van der Waals surface area (Å²) in [6, 6.07) is 6.57. The minimum absolute atomic E-state index is 0.242. The summed E-state index contributed by atoms with van der Waals surface area (Å²) in [7, 11) is -3.21. The van der Waals surface area contributed by atoms with Crippen molar-refractivity contribution in [2.75, 3.05) is 37.3 Å². The van der Waals surface area contributed by atoms with Crippen LogP contribution in [0.2, 0.25) is 0 Å². The van der Waals surface area contributed by atoms with E-state index in [1.807, 2.05) is 11.8 Å². The Bertz CT molecular complexity index is 1030. The van der Waals surface area contributed by atoms with Crippen molar-refractivity contribution in [3.63, 3.8) is 0 Å². The maximum Gasteiger partial charge on any atom is 0.410 e. The average molecular weight is 447 g/mol. The lowest BCUT2D eigenvalue weighted by Gasteiger charge is -2.34. The van der Waals surface area contributed by atoms with Crippen LogP contribution in [0.1, 0.15) is 25.3 Å². The molecule has 10 heteroatoms. The third kappa shape index (κ3) is 5.43. The van der Waals surface area contributed by atoms with Gasteiger partial charge in [0.15, 0.2) is 15.6 Å². The van der Waals surface area contributed by atoms with E-state index in [0.29, 0.717) is 37.9 Å². The summed E-state index contributed by atoms with van der Waals surface area (Å²) in [4.78, 5) is 25.0. The number of carbonyl (C=O) groups excluding carboxylic acids is 1. The van der Waals surface area contributed by atoms with E-state index < -0.39 is 9.84 Å². The number of nitrogens with zero attached hydrogens (tertiary/aromatic N) is 4. The molecule has 2 aromatic rings. The van der Waals surface area contributed by atoms with Crippen LogP contribution in [0.25, 0.3) is 0 Å². The van der Waals surface area contributed by atoms with E-state index in [-0.39, 0.29) is 23.2 Å². The fourth-order valence-electron chi connectivity index (χ4n) is 3.19. The quantitative estimate of drug-likeness (QED) is 0.666. The molecule has 2 aliphatic rings. The Balaban J connectivity index is 1.26. The number of sulfone groups is 1. The third-order valence-corrected chi connectivity index (χ3v) is 6.61. The molecular formula is C21H26N4O5S. The maximum absolute atomic E-state index is 12.2. The monoisotopic (exact) mass is 446 g/mol. The molecule has 1 aromatic heterocycles. The summed E-state index contributed by atoms with van der Waals surface area (Å²) < 4.78 is 34.3. The van der Waals surface area contributed by atoms with Gasteiger partial charge in [-0.25, -0.2) is 23.2 Å². The van der Waals surface area contributed by atoms with Crippen LogP contribution in [0.15, 0.2) is 41.6 Å². The fourth-order valence-corrected chi connectivity index (χ4v) is 3.82. The Morgan fingerprint density at radius 3 is 2.23 bits per heavy atom. The number of ether oxygens (including phenoxy) is 2. The van der Waals surface area contributed by atoms with Crippen LogP contribution >= 0.6 is 0 Å². The second kappa shape index (κ2) is 8.33. The van der Waals surface area contributed by atoms with Gasteiger partial charge in [-0.3, -0.25) is 0 Å². The van der Waals surface area contributed by atoms with E-state index in [0.717, 1.165) is 18.4 Å². The molecule has 2 fully saturated rings. The molecule has 1 saturated carbocycles. The number of amides is 1. The topological polar surface area (TPSA) is 102 Å². The van der Waals surface area contributed by atoms with Gasteiger partial charge >= 0.3 is 6.09 Å². The molecule has 0 atom stereocenters. The van der Waals surface area contributed by atoms with E-state index in [1.54, 1.807) is 41.6 Å². The zero-order chi connectivity index (χ0) is 22.1. The van der Waals surface area contributed by atoms with Crippen LogP contribution in [-0.4, -0.2) is 67.4 Å². The Kier molecular flexibility index (Phi) is 5.74. The van der Waals surface area contributed by atoms with E-state index in [9.17, 15) is 13.2 Å². The van der Waals surface area contributed by atoms with Gasteiger partial charge in [0, 0.05) is 32.4 Å². The van der Waals surface area contributed by atoms with Gasteiger partial charge in [-0.05, 0) is 37.5 Å². The lowest BCUT2D eigenvalue weighted by Crippen LogP contribution is -2.50. The number of piperazine rings is 1. The van der Waals surface area contributed by atoms with Crippen molar-refractivity contribution in [1.29, 1.82) is 0 Å². The standard InChI is InChI=1S/C21H26N4O5S/c1-21(7-8-21)30-20(26)25-11-9-24(10-12-25)19-22-13-17(14-23-19)29-15-16-3-5-18(6-4-16)31(2,27)28/h3-6,13-14H,7-12,15H2,1-2H3. The van der Waals surface area contributed by atoms with Crippen LogP contribution in [0.4, 0.5) is 10.7 Å². The first-order chi connectivity index (χ1) is 14.7. The summed E-state index contributed by atoms with van der Waals surface area (Å²) in [6.45, 7) is 4.66. The van der Waals surface area contributed by atoms with Crippen molar-refractivity contribution in [2.45, 2.75) is 36.9 Å². The van der Waals surface area contributed by atoms with Gasteiger partial charge in [0.2, 0.25) is 5.95 Å². The lowest BCUT2D eigenvalue weighted by atomic mass is 10.2. The molecular weight excluding hydrogens is 420 g/mol. The number of hydrogen-bond acceptors (Lipinski definition) is 8. The van der Waals surface area contributed by atoms with Crippen molar-refractivity contribution in [1.82, 2.24) is 14.9 Å². The SMILES string of the molecule is CC1(OC(=O)N2CCN(c3ncc(OCc4ccc(S(C)(=O)=O)cc4)cn3)CC2)CC1. The van der Waals surface area contributed by atoms with Gasteiger partial charge < -0.3 is 19.3 Å². The molecule has 0 radical (unpaired) electrons. The Labute approximate surface area is 181 Å². The van der Waals surface area contributed by atoms with E-state index in [2.05, 4.69) is 9.97 Å². The predicted molar refractivity (Wildman–Crippen MR) is 114 cm³/mol. The fraction of sp³-hybridized carbons (Fsp3) is 0.476. The van der Waals surface area contributed by atoms with Crippen LogP contribution in [-0.2, 0) is 21.2 Å². The number of anilines is 1. The minimum atomic E-state index is -3.21. The van der Waals surface area contributed by atoms with Crippen molar-refractivity contribution < 1.29 is 22.7 Å². The molecule has 4 rings (SSSR count). The van der Waals surface area contributed by atoms with Crippen molar-refractivity contribution in [3.05, 3.63) is 42.2 Å². The van der Waals surface area contributed by atoms with Gasteiger partial charge in [-0.2, -0.15) is 0 Å². The molecule has 166 valence electrons. The lowest BCUT2D eigenvalue weighted by molar-refractivity contribution is 0.0570. The number of benzene rings is 1. The molecule has 0 spiro atoms. The number of hydrogen-bond donors (Lipinski definition) is 0. The van der Waals surface area contributed by atoms with E-state index >= 15 is 0 Å². The maximum atomic E-state index is 12.2. The summed E-state index contributed by atoms with van der Waals surface area (Å²) in [5, 5.41) is 0. The van der Waals surface area contributed by atoms with Gasteiger partial charge in [0.25, 0.3) is 0 Å². The Hall–Kier alpha value is -2.88. The first-order valence-electron chi connectivity index (χ1n) is 10.2. The Morgan fingerprint density at radius 2 is 1.68 bits per heavy atom. The van der Waals surface area contributed by atoms with Crippen LogP contribution < -0.4 is 9.64 Å². The zero-order valence-electron chi connectivity index (χ0n) is 17.7. The van der Waals surface area contributed by atoms with Crippen molar-refractivity contribution in [3.8, 4) is 5.75 Å². The zero-order valence-corrected chi connectivity index (χ0v) is 18.5. The number of aromatic nitrogens is 2. The third-order valence-electron chi connectivity index (χ3n) is 5.48. The first kappa shape index (κ1) is 21.4. The molecule has 0 N–H and O–H groups in total. The summed E-state index contributed by atoms with van der Waals surface area (Å²) in [5.74, 6) is 1.11. The molecule has 1 aliphatic carbocycles. The average Bonchev–Trinajstić information content (AvgIpc) is 3.49. The predicted octanol–water partition coefficient (Wildman–Crippen LogP) is 2.27. The summed E-state index contributed by atoms with van der Waals surface area (Å²) in [6.07, 6.45) is 6.04. The highest BCUT2D eigenvalue weighted by atomic mass is 32.2. The second-order valence-electron chi connectivity index (χ2n) is 8.22. The molecule has 0 unspecified atom stereocenters. The van der Waals surface area contributed by atoms with Gasteiger partial charge in [-0.15, -0.1) is 0 Å². The second-order valence-corrected chi connectivity index (χ2v) is 10.2. The van der Waals surface area contributed by atoms with Crippen molar-refractivity contribution in [2.24, 2.45) is 0 Å².